The van der Waals surface area contributed by atoms with Crippen LogP contribution in [0.15, 0.2) is 24.4 Å². The monoisotopic (exact) mass is 377 g/mol. The first-order valence-corrected chi connectivity index (χ1v) is 9.76. The molecule has 1 aliphatic rings. The van der Waals surface area contributed by atoms with Crippen molar-refractivity contribution in [3.8, 4) is 0 Å². The second kappa shape index (κ2) is 9.33. The zero-order chi connectivity index (χ0) is 20.1. The highest BCUT2D eigenvalue weighted by atomic mass is 19.1. The number of nitrogens with zero attached hydrogens (tertiary/aromatic N) is 1. The lowest BCUT2D eigenvalue weighted by molar-refractivity contribution is -0.136. The van der Waals surface area contributed by atoms with Crippen LogP contribution >= 0.6 is 0 Å². The predicted octanol–water partition coefficient (Wildman–Crippen LogP) is 3.47. The summed E-state index contributed by atoms with van der Waals surface area (Å²) in [6, 6.07) is 4.19. The number of H-pyrrole nitrogens is 1. The Morgan fingerprint density at radius 2 is 2.15 bits per heavy atom. The number of amides is 1. The molecule has 0 aliphatic carbocycles. The SMILES string of the molecule is CC.COC(C)C(N)C(=O)N1CC[C@H](C)C1Cc1c[nH]c2cc(F)ccc12. The third kappa shape index (κ3) is 4.50. The number of aromatic amines is 1. The molecule has 1 aromatic heterocycles. The summed E-state index contributed by atoms with van der Waals surface area (Å²) < 4.78 is 18.6. The lowest BCUT2D eigenvalue weighted by Crippen LogP contribution is -2.52. The molecule has 3 N–H and O–H groups in total. The van der Waals surface area contributed by atoms with Crippen molar-refractivity contribution < 1.29 is 13.9 Å². The highest BCUT2D eigenvalue weighted by Crippen LogP contribution is 2.30. The highest BCUT2D eigenvalue weighted by Gasteiger charge is 2.38. The highest BCUT2D eigenvalue weighted by molar-refractivity contribution is 5.84. The number of benzene rings is 1. The van der Waals surface area contributed by atoms with Gasteiger partial charge in [-0.05, 0) is 49.4 Å². The molecule has 1 aromatic carbocycles. The molecule has 0 bridgehead atoms. The normalized spacial score (nSPS) is 21.7. The average molecular weight is 378 g/mol. The Morgan fingerprint density at radius 3 is 2.81 bits per heavy atom. The maximum absolute atomic E-state index is 13.4. The van der Waals surface area contributed by atoms with Gasteiger partial charge in [-0.25, -0.2) is 4.39 Å². The minimum atomic E-state index is -0.658. The van der Waals surface area contributed by atoms with E-state index in [-0.39, 0.29) is 23.9 Å². The maximum Gasteiger partial charge on any atom is 0.242 e. The summed E-state index contributed by atoms with van der Waals surface area (Å²) in [7, 11) is 1.56. The number of methoxy groups -OCH3 is 1. The fourth-order valence-corrected chi connectivity index (χ4v) is 3.68. The van der Waals surface area contributed by atoms with Crippen LogP contribution in [0.2, 0.25) is 0 Å². The number of ether oxygens (including phenoxy) is 1. The van der Waals surface area contributed by atoms with Gasteiger partial charge in [0.05, 0.1) is 6.10 Å². The molecule has 1 amide bonds. The number of rotatable bonds is 5. The summed E-state index contributed by atoms with van der Waals surface area (Å²) in [4.78, 5) is 17.8. The third-order valence-electron chi connectivity index (χ3n) is 5.49. The predicted molar refractivity (Wildman–Crippen MR) is 107 cm³/mol. The van der Waals surface area contributed by atoms with E-state index >= 15 is 0 Å². The zero-order valence-corrected chi connectivity index (χ0v) is 17.0. The molecule has 1 aliphatic heterocycles. The molecule has 3 rings (SSSR count). The number of carbonyl (C=O) groups is 1. The Morgan fingerprint density at radius 1 is 1.44 bits per heavy atom. The Bertz CT molecular complexity index is 761. The summed E-state index contributed by atoms with van der Waals surface area (Å²) in [6.07, 6.45) is 3.28. The number of nitrogens with one attached hydrogen (secondary N) is 1. The molecule has 3 unspecified atom stereocenters. The van der Waals surface area contributed by atoms with Crippen LogP contribution in [-0.2, 0) is 16.0 Å². The number of hydrogen-bond acceptors (Lipinski definition) is 3. The van der Waals surface area contributed by atoms with E-state index in [2.05, 4.69) is 11.9 Å². The van der Waals surface area contributed by atoms with Crippen LogP contribution in [0.5, 0.6) is 0 Å². The quantitative estimate of drug-likeness (QED) is 0.838. The summed E-state index contributed by atoms with van der Waals surface area (Å²) >= 11 is 0. The largest absolute Gasteiger partial charge is 0.380 e. The summed E-state index contributed by atoms with van der Waals surface area (Å²) in [5, 5.41) is 1.00. The van der Waals surface area contributed by atoms with Gasteiger partial charge in [0, 0.05) is 36.8 Å². The van der Waals surface area contributed by atoms with Crippen molar-refractivity contribution in [2.45, 2.75) is 58.7 Å². The first-order valence-electron chi connectivity index (χ1n) is 9.76. The number of aromatic nitrogens is 1. The first-order chi connectivity index (χ1) is 12.9. The lowest BCUT2D eigenvalue weighted by Gasteiger charge is -2.30. The van der Waals surface area contributed by atoms with Crippen molar-refractivity contribution in [2.24, 2.45) is 11.7 Å². The molecule has 27 heavy (non-hydrogen) atoms. The minimum absolute atomic E-state index is 0.0606. The molecular weight excluding hydrogens is 345 g/mol. The standard InChI is InChI=1S/C19H26FN3O2.C2H6/c1-11-6-7-23(19(24)18(21)12(2)25-3)17(11)8-13-10-22-16-9-14(20)4-5-15(13)16;1-2/h4-5,9-12,17-18,22H,6-8,21H2,1-3H3;1-2H3/t11-,12?,17?,18?;/m0./s1. The molecule has 0 saturated carbocycles. The van der Waals surface area contributed by atoms with Gasteiger partial charge in [-0.15, -0.1) is 0 Å². The molecule has 2 aromatic rings. The van der Waals surface area contributed by atoms with E-state index in [1.807, 2.05) is 31.9 Å². The van der Waals surface area contributed by atoms with Gasteiger partial charge in [-0.3, -0.25) is 4.79 Å². The molecule has 6 heteroatoms. The van der Waals surface area contributed by atoms with Gasteiger partial charge in [0.25, 0.3) is 0 Å². The zero-order valence-electron chi connectivity index (χ0n) is 17.0. The molecular formula is C21H32FN3O2. The van der Waals surface area contributed by atoms with Gasteiger partial charge >= 0.3 is 0 Å². The van der Waals surface area contributed by atoms with Crippen LogP contribution in [0.3, 0.4) is 0 Å². The Hall–Kier alpha value is -1.92. The maximum atomic E-state index is 13.4. The van der Waals surface area contributed by atoms with Gasteiger partial charge < -0.3 is 20.4 Å². The van der Waals surface area contributed by atoms with E-state index in [0.29, 0.717) is 12.5 Å². The summed E-state index contributed by atoms with van der Waals surface area (Å²) in [5.41, 5.74) is 7.95. The Balaban J connectivity index is 0.00000126. The van der Waals surface area contributed by atoms with Crippen molar-refractivity contribution in [3.63, 3.8) is 0 Å². The average Bonchev–Trinajstić information content (AvgIpc) is 3.25. The fraction of sp³-hybridized carbons (Fsp3) is 0.571. The number of hydrogen-bond donors (Lipinski definition) is 2. The second-order valence-corrected chi connectivity index (χ2v) is 7.04. The van der Waals surface area contributed by atoms with Crippen LogP contribution in [0, 0.1) is 11.7 Å². The molecule has 1 fully saturated rings. The topological polar surface area (TPSA) is 71.3 Å². The smallest absolute Gasteiger partial charge is 0.242 e. The van der Waals surface area contributed by atoms with E-state index in [1.54, 1.807) is 13.2 Å². The number of fused-ring (bicyclic) bond motifs is 1. The molecule has 1 saturated heterocycles. The number of halogens is 1. The third-order valence-corrected chi connectivity index (χ3v) is 5.49. The molecule has 2 heterocycles. The van der Waals surface area contributed by atoms with Gasteiger partial charge in [-0.2, -0.15) is 0 Å². The van der Waals surface area contributed by atoms with Crippen molar-refractivity contribution in [3.05, 3.63) is 35.8 Å². The van der Waals surface area contributed by atoms with Gasteiger partial charge in [0.2, 0.25) is 5.91 Å². The number of carbonyl (C=O) groups excluding carboxylic acids is 1. The first kappa shape index (κ1) is 21.4. The fourth-order valence-electron chi connectivity index (χ4n) is 3.68. The summed E-state index contributed by atoms with van der Waals surface area (Å²) in [6.45, 7) is 8.69. The van der Waals surface area contributed by atoms with Crippen LogP contribution < -0.4 is 5.73 Å². The van der Waals surface area contributed by atoms with E-state index in [4.69, 9.17) is 10.5 Å². The molecule has 5 nitrogen and oxygen atoms in total. The number of nitrogens with two attached hydrogens (primary N) is 1. The van der Waals surface area contributed by atoms with Crippen molar-refractivity contribution >= 4 is 16.8 Å². The summed E-state index contributed by atoms with van der Waals surface area (Å²) in [5.74, 6) is 0.0699. The van der Waals surface area contributed by atoms with E-state index in [1.165, 1.54) is 12.1 Å². The molecule has 0 spiro atoms. The van der Waals surface area contributed by atoms with Crippen LogP contribution in [0.25, 0.3) is 10.9 Å². The van der Waals surface area contributed by atoms with Crippen LogP contribution in [0.1, 0.15) is 39.7 Å². The van der Waals surface area contributed by atoms with Crippen LogP contribution in [-0.4, -0.2) is 47.6 Å². The molecule has 4 atom stereocenters. The van der Waals surface area contributed by atoms with Gasteiger partial charge in [-0.1, -0.05) is 20.8 Å². The second-order valence-electron chi connectivity index (χ2n) is 7.04. The Labute approximate surface area is 161 Å². The minimum Gasteiger partial charge on any atom is -0.380 e. The van der Waals surface area contributed by atoms with Crippen molar-refractivity contribution in [2.75, 3.05) is 13.7 Å². The molecule has 150 valence electrons. The van der Waals surface area contributed by atoms with E-state index in [0.717, 1.165) is 29.3 Å². The van der Waals surface area contributed by atoms with Crippen molar-refractivity contribution in [1.82, 2.24) is 9.88 Å². The Kier molecular flexibility index (Phi) is 7.39. The van der Waals surface area contributed by atoms with E-state index < -0.39 is 6.04 Å². The number of likely N-dealkylation sites (tertiary alicyclic amines) is 1. The molecule has 0 radical (unpaired) electrons. The lowest BCUT2D eigenvalue weighted by atomic mass is 9.95. The van der Waals surface area contributed by atoms with Crippen molar-refractivity contribution in [1.29, 1.82) is 0 Å². The van der Waals surface area contributed by atoms with Gasteiger partial charge in [0.15, 0.2) is 0 Å². The van der Waals surface area contributed by atoms with Crippen LogP contribution in [0.4, 0.5) is 4.39 Å². The van der Waals surface area contributed by atoms with Gasteiger partial charge in [0.1, 0.15) is 11.9 Å². The van der Waals surface area contributed by atoms with E-state index in [9.17, 15) is 9.18 Å².